The largest absolute Gasteiger partial charge is 0.367 e. The number of Topliss-reactive ketones (excluding diaryl/α,β-unsaturated/α-hetero) is 1. The molecule has 0 amide bonds. The van der Waals surface area contributed by atoms with Crippen molar-refractivity contribution in [3.05, 3.63) is 93.5 Å². The van der Waals surface area contributed by atoms with Crippen LogP contribution in [-0.2, 0) is 6.67 Å². The fraction of sp³-hybridized carbons (Fsp3) is 0.276. The second-order valence-electron chi connectivity index (χ2n) is 9.49. The molecule has 1 fully saturated rings. The minimum atomic E-state index is -0.387. The molecule has 36 heavy (non-hydrogen) atoms. The van der Waals surface area contributed by atoms with Crippen LogP contribution in [0, 0.1) is 19.7 Å². The first-order valence-electron chi connectivity index (χ1n) is 12.2. The zero-order valence-electron chi connectivity index (χ0n) is 20.8. The van der Waals surface area contributed by atoms with Gasteiger partial charge in [-0.15, -0.1) is 0 Å². The topological polar surface area (TPSA) is 58.4 Å². The molecular weight excluding hydrogens is 455 g/mol. The third kappa shape index (κ3) is 4.54. The average Bonchev–Trinajstić information content (AvgIpc) is 2.88. The number of halogens is 1. The molecule has 3 aromatic carbocycles. The maximum atomic E-state index is 14.6. The highest BCUT2D eigenvalue weighted by atomic mass is 19.1. The van der Waals surface area contributed by atoms with Gasteiger partial charge in [-0.3, -0.25) is 14.5 Å². The van der Waals surface area contributed by atoms with Crippen LogP contribution in [0.5, 0.6) is 0 Å². The minimum Gasteiger partial charge on any atom is -0.367 e. The number of fused-ring (bicyclic) bond motifs is 1. The summed E-state index contributed by atoms with van der Waals surface area (Å²) in [5.41, 5.74) is 4.82. The summed E-state index contributed by atoms with van der Waals surface area (Å²) >= 11 is 0. The van der Waals surface area contributed by atoms with Gasteiger partial charge in [-0.1, -0.05) is 35.9 Å². The number of anilines is 1. The Morgan fingerprint density at radius 1 is 0.944 bits per heavy atom. The average molecular weight is 485 g/mol. The Balaban J connectivity index is 1.41. The van der Waals surface area contributed by atoms with Gasteiger partial charge in [0.1, 0.15) is 5.82 Å². The van der Waals surface area contributed by atoms with Crippen LogP contribution in [0.1, 0.15) is 28.4 Å². The Bertz CT molecular complexity index is 1520. The van der Waals surface area contributed by atoms with Crippen molar-refractivity contribution < 1.29 is 9.18 Å². The van der Waals surface area contributed by atoms with Crippen LogP contribution in [0.25, 0.3) is 22.0 Å². The van der Waals surface area contributed by atoms with E-state index in [2.05, 4.69) is 36.9 Å². The summed E-state index contributed by atoms with van der Waals surface area (Å²) in [7, 11) is 0. The standard InChI is InChI=1S/C29H29FN4O2/c1-19-8-9-20(2)25(16-19)28-23-6-4-5-7-24(23)29(36)34(31-28)18-32-12-14-33(15-13-32)27-11-10-22(21(3)35)17-26(27)30/h4-11,16-17H,12-15,18H2,1-3H3. The molecule has 0 aliphatic carbocycles. The lowest BCUT2D eigenvalue weighted by molar-refractivity contribution is 0.101. The predicted octanol–water partition coefficient (Wildman–Crippen LogP) is 4.80. The van der Waals surface area contributed by atoms with Crippen molar-refractivity contribution in [1.29, 1.82) is 0 Å². The van der Waals surface area contributed by atoms with Crippen molar-refractivity contribution in [2.45, 2.75) is 27.4 Å². The lowest BCUT2D eigenvalue weighted by Crippen LogP contribution is -2.48. The van der Waals surface area contributed by atoms with Crippen LogP contribution in [0.3, 0.4) is 0 Å². The Hall–Kier alpha value is -3.84. The monoisotopic (exact) mass is 484 g/mol. The molecular formula is C29H29FN4O2. The molecule has 0 radical (unpaired) electrons. The maximum absolute atomic E-state index is 14.6. The van der Waals surface area contributed by atoms with Crippen molar-refractivity contribution in [3.63, 3.8) is 0 Å². The number of benzene rings is 3. The van der Waals surface area contributed by atoms with E-state index in [1.807, 2.05) is 29.2 Å². The molecule has 0 saturated carbocycles. The second-order valence-corrected chi connectivity index (χ2v) is 9.49. The number of aryl methyl sites for hydroxylation is 2. The molecule has 6 nitrogen and oxygen atoms in total. The van der Waals surface area contributed by atoms with Crippen LogP contribution in [0.15, 0.2) is 65.5 Å². The number of hydrogen-bond acceptors (Lipinski definition) is 5. The van der Waals surface area contributed by atoms with E-state index in [1.165, 1.54) is 13.0 Å². The van der Waals surface area contributed by atoms with E-state index in [9.17, 15) is 14.0 Å². The number of carbonyl (C=O) groups excluding carboxylic acids is 1. The summed E-state index contributed by atoms with van der Waals surface area (Å²) in [5.74, 6) is -0.541. The van der Waals surface area contributed by atoms with E-state index < -0.39 is 0 Å². The molecule has 1 saturated heterocycles. The van der Waals surface area contributed by atoms with Crippen LogP contribution < -0.4 is 10.5 Å². The highest BCUT2D eigenvalue weighted by molar-refractivity contribution is 5.95. The van der Waals surface area contributed by atoms with Gasteiger partial charge >= 0.3 is 0 Å². The molecule has 0 bridgehead atoms. The zero-order valence-corrected chi connectivity index (χ0v) is 20.8. The fourth-order valence-corrected chi connectivity index (χ4v) is 4.82. The number of aromatic nitrogens is 2. The molecule has 7 heteroatoms. The molecule has 0 N–H and O–H groups in total. The summed E-state index contributed by atoms with van der Waals surface area (Å²) in [6.45, 7) is 8.45. The van der Waals surface area contributed by atoms with Crippen LogP contribution in [0.4, 0.5) is 10.1 Å². The molecule has 5 rings (SSSR count). The summed E-state index contributed by atoms with van der Waals surface area (Å²) in [5, 5.41) is 6.34. The molecule has 0 unspecified atom stereocenters. The van der Waals surface area contributed by atoms with Gasteiger partial charge < -0.3 is 4.90 Å². The number of hydrogen-bond donors (Lipinski definition) is 0. The maximum Gasteiger partial charge on any atom is 0.275 e. The summed E-state index contributed by atoms with van der Waals surface area (Å²) in [6, 6.07) is 18.5. The van der Waals surface area contributed by atoms with Crippen LogP contribution in [0.2, 0.25) is 0 Å². The molecule has 1 aliphatic heterocycles. The van der Waals surface area contributed by atoms with E-state index in [0.717, 1.165) is 27.8 Å². The molecule has 1 aliphatic rings. The molecule has 4 aromatic rings. The van der Waals surface area contributed by atoms with Crippen molar-refractivity contribution in [2.75, 3.05) is 31.1 Å². The number of carbonyl (C=O) groups is 1. The number of rotatable bonds is 5. The normalized spacial score (nSPS) is 14.4. The van der Waals surface area contributed by atoms with Gasteiger partial charge in [-0.2, -0.15) is 5.10 Å². The van der Waals surface area contributed by atoms with Gasteiger partial charge in [0.2, 0.25) is 0 Å². The van der Waals surface area contributed by atoms with Gasteiger partial charge in [0.25, 0.3) is 5.56 Å². The summed E-state index contributed by atoms with van der Waals surface area (Å²) in [4.78, 5) is 29.0. The molecule has 1 aromatic heterocycles. The third-order valence-corrected chi connectivity index (χ3v) is 6.92. The van der Waals surface area contributed by atoms with Crippen molar-refractivity contribution in [2.24, 2.45) is 0 Å². The first kappa shape index (κ1) is 23.9. The summed E-state index contributed by atoms with van der Waals surface area (Å²) in [6.07, 6.45) is 0. The van der Waals surface area contributed by atoms with Gasteiger partial charge in [-0.05, 0) is 56.7 Å². The van der Waals surface area contributed by atoms with E-state index in [0.29, 0.717) is 49.5 Å². The van der Waals surface area contributed by atoms with Crippen LogP contribution in [-0.4, -0.2) is 46.6 Å². The quantitative estimate of drug-likeness (QED) is 0.381. The lowest BCUT2D eigenvalue weighted by Gasteiger charge is -2.36. The smallest absolute Gasteiger partial charge is 0.275 e. The fourth-order valence-electron chi connectivity index (χ4n) is 4.82. The SMILES string of the molecule is CC(=O)c1ccc(N2CCN(Cn3nc(-c4cc(C)ccc4C)c4ccccc4c3=O)CC2)c(F)c1. The van der Waals surface area contributed by atoms with E-state index >= 15 is 0 Å². The number of ketones is 1. The van der Waals surface area contributed by atoms with E-state index in [4.69, 9.17) is 5.10 Å². The van der Waals surface area contributed by atoms with Crippen molar-refractivity contribution in [1.82, 2.24) is 14.7 Å². The highest BCUT2D eigenvalue weighted by Gasteiger charge is 2.22. The van der Waals surface area contributed by atoms with Gasteiger partial charge in [0, 0.05) is 42.7 Å². The lowest BCUT2D eigenvalue weighted by atomic mass is 9.99. The number of piperazine rings is 1. The highest BCUT2D eigenvalue weighted by Crippen LogP contribution is 2.28. The second kappa shape index (κ2) is 9.66. The Kier molecular flexibility index (Phi) is 6.41. The predicted molar refractivity (Wildman–Crippen MR) is 141 cm³/mol. The Morgan fingerprint density at radius 2 is 1.67 bits per heavy atom. The van der Waals surface area contributed by atoms with Gasteiger partial charge in [0.15, 0.2) is 5.78 Å². The minimum absolute atomic E-state index is 0.118. The molecule has 0 atom stereocenters. The van der Waals surface area contributed by atoms with Crippen LogP contribution >= 0.6 is 0 Å². The first-order valence-corrected chi connectivity index (χ1v) is 12.2. The Morgan fingerprint density at radius 3 is 2.36 bits per heavy atom. The first-order chi connectivity index (χ1) is 17.3. The number of nitrogens with zero attached hydrogens (tertiary/aromatic N) is 4. The van der Waals surface area contributed by atoms with Crippen molar-refractivity contribution >= 4 is 22.2 Å². The van der Waals surface area contributed by atoms with Gasteiger partial charge in [-0.25, -0.2) is 9.07 Å². The van der Waals surface area contributed by atoms with E-state index in [-0.39, 0.29) is 17.2 Å². The Labute approximate surface area is 209 Å². The molecule has 184 valence electrons. The zero-order chi connectivity index (χ0) is 25.4. The van der Waals surface area contributed by atoms with Crippen molar-refractivity contribution in [3.8, 4) is 11.3 Å². The molecule has 2 heterocycles. The molecule has 0 spiro atoms. The summed E-state index contributed by atoms with van der Waals surface area (Å²) < 4.78 is 16.2. The van der Waals surface area contributed by atoms with Gasteiger partial charge in [0.05, 0.1) is 23.4 Å². The van der Waals surface area contributed by atoms with E-state index in [1.54, 1.807) is 16.8 Å². The third-order valence-electron chi connectivity index (χ3n) is 6.92.